The molecule has 0 spiro atoms. The number of hydrogen-bond acceptors (Lipinski definition) is 3. The average Bonchev–Trinajstić information content (AvgIpc) is 1.97. The Morgan fingerprint density at radius 1 is 1.90 bits per heavy atom. The molecule has 0 heterocycles. The highest BCUT2D eigenvalue weighted by molar-refractivity contribution is 8.13. The van der Waals surface area contributed by atoms with Gasteiger partial charge in [0.1, 0.15) is 6.34 Å². The van der Waals surface area contributed by atoms with Gasteiger partial charge in [0.2, 0.25) is 0 Å². The molecule has 0 saturated heterocycles. The number of alkyl halides is 1. The number of hydrazine groups is 1. The van der Waals surface area contributed by atoms with Crippen LogP contribution in [0, 0.1) is 5.41 Å². The average molecular weight is 181 g/mol. The number of rotatable bonds is 3. The summed E-state index contributed by atoms with van der Waals surface area (Å²) in [6.45, 7) is 0. The molecule has 0 aliphatic rings. The van der Waals surface area contributed by atoms with E-state index in [1.165, 1.54) is 18.1 Å². The lowest BCUT2D eigenvalue weighted by molar-refractivity contribution is 1.06. The van der Waals surface area contributed by atoms with Crippen molar-refractivity contribution in [3.63, 3.8) is 0 Å². The molecule has 0 aromatic carbocycles. The summed E-state index contributed by atoms with van der Waals surface area (Å²) in [6, 6.07) is 0. The van der Waals surface area contributed by atoms with E-state index in [1.807, 2.05) is 0 Å². The fourth-order valence-electron chi connectivity index (χ4n) is 0.268. The predicted molar refractivity (Wildman–Crippen MR) is 46.7 cm³/mol. The second-order valence-electron chi connectivity index (χ2n) is 1.27. The monoisotopic (exact) mass is 180 g/mol. The van der Waals surface area contributed by atoms with Crippen LogP contribution < -0.4 is 11.3 Å². The molecule has 0 amide bonds. The highest BCUT2D eigenvalue weighted by Gasteiger charge is 1.90. The SMILES string of the molecule is N=C(N=CNN)SCCCl. The number of hydrogen-bond donors (Lipinski definition) is 3. The van der Waals surface area contributed by atoms with E-state index in [-0.39, 0.29) is 5.17 Å². The molecule has 4 nitrogen and oxygen atoms in total. The van der Waals surface area contributed by atoms with E-state index >= 15 is 0 Å². The highest BCUT2D eigenvalue weighted by Crippen LogP contribution is 2.02. The topological polar surface area (TPSA) is 74.3 Å². The second kappa shape index (κ2) is 6.85. The minimum absolute atomic E-state index is 0.207. The Balaban J connectivity index is 3.34. The number of halogens is 1. The van der Waals surface area contributed by atoms with Gasteiger partial charge in [0.15, 0.2) is 5.17 Å². The van der Waals surface area contributed by atoms with Crippen molar-refractivity contribution in [2.75, 3.05) is 11.6 Å². The van der Waals surface area contributed by atoms with Gasteiger partial charge in [0.05, 0.1) is 0 Å². The van der Waals surface area contributed by atoms with E-state index < -0.39 is 0 Å². The van der Waals surface area contributed by atoms with Crippen molar-refractivity contribution in [2.24, 2.45) is 10.8 Å². The lowest BCUT2D eigenvalue weighted by atomic mass is 11.0. The summed E-state index contributed by atoms with van der Waals surface area (Å²) < 4.78 is 0. The summed E-state index contributed by atoms with van der Waals surface area (Å²) in [5.41, 5.74) is 2.20. The van der Waals surface area contributed by atoms with E-state index in [0.29, 0.717) is 11.6 Å². The third kappa shape index (κ3) is 5.87. The first kappa shape index (κ1) is 9.74. The van der Waals surface area contributed by atoms with Crippen molar-refractivity contribution in [2.45, 2.75) is 0 Å². The van der Waals surface area contributed by atoms with Gasteiger partial charge in [0, 0.05) is 11.6 Å². The molecule has 0 saturated carbocycles. The summed E-state index contributed by atoms with van der Waals surface area (Å²) >= 11 is 6.64. The minimum atomic E-state index is 0.207. The summed E-state index contributed by atoms with van der Waals surface area (Å²) in [6.07, 6.45) is 1.25. The number of nitrogens with one attached hydrogen (secondary N) is 2. The van der Waals surface area contributed by atoms with Crippen LogP contribution in [0.25, 0.3) is 0 Å². The van der Waals surface area contributed by atoms with Gasteiger partial charge in [-0.2, -0.15) is 0 Å². The van der Waals surface area contributed by atoms with Gasteiger partial charge in [-0.05, 0) is 0 Å². The summed E-state index contributed by atoms with van der Waals surface area (Å²) in [5.74, 6) is 6.10. The minimum Gasteiger partial charge on any atom is -0.315 e. The molecule has 0 rings (SSSR count). The number of aliphatic imine (C=N–C) groups is 1. The van der Waals surface area contributed by atoms with Crippen molar-refractivity contribution in [1.82, 2.24) is 5.43 Å². The Morgan fingerprint density at radius 2 is 2.60 bits per heavy atom. The largest absolute Gasteiger partial charge is 0.315 e. The molecule has 0 aromatic heterocycles. The van der Waals surface area contributed by atoms with Gasteiger partial charge in [-0.25, -0.2) is 10.8 Å². The van der Waals surface area contributed by atoms with E-state index in [1.54, 1.807) is 0 Å². The highest BCUT2D eigenvalue weighted by atomic mass is 35.5. The third-order valence-electron chi connectivity index (χ3n) is 0.572. The van der Waals surface area contributed by atoms with E-state index in [9.17, 15) is 0 Å². The zero-order valence-electron chi connectivity index (χ0n) is 5.30. The normalized spacial score (nSPS) is 10.2. The summed E-state index contributed by atoms with van der Waals surface area (Å²) in [5, 5.41) is 7.31. The van der Waals surface area contributed by atoms with Crippen LogP contribution in [0.3, 0.4) is 0 Å². The quantitative estimate of drug-likeness (QED) is 0.193. The molecular formula is C4H9ClN4S. The molecule has 0 aromatic rings. The van der Waals surface area contributed by atoms with Crippen molar-refractivity contribution in [3.8, 4) is 0 Å². The zero-order chi connectivity index (χ0) is 7.82. The summed E-state index contributed by atoms with van der Waals surface area (Å²) in [7, 11) is 0. The van der Waals surface area contributed by atoms with Crippen molar-refractivity contribution >= 4 is 34.9 Å². The smallest absolute Gasteiger partial charge is 0.181 e. The van der Waals surface area contributed by atoms with Crippen molar-refractivity contribution in [3.05, 3.63) is 0 Å². The van der Waals surface area contributed by atoms with Crippen LogP contribution in [-0.2, 0) is 0 Å². The van der Waals surface area contributed by atoms with Crippen LogP contribution in [0.1, 0.15) is 0 Å². The first-order valence-electron chi connectivity index (χ1n) is 2.57. The first-order valence-corrected chi connectivity index (χ1v) is 4.09. The molecule has 0 bridgehead atoms. The molecule has 4 N–H and O–H groups in total. The van der Waals surface area contributed by atoms with Crippen LogP contribution in [0.2, 0.25) is 0 Å². The Kier molecular flexibility index (Phi) is 6.68. The molecule has 6 heteroatoms. The van der Waals surface area contributed by atoms with E-state index in [2.05, 4.69) is 10.4 Å². The third-order valence-corrected chi connectivity index (χ3v) is 1.77. The predicted octanol–water partition coefficient (Wildman–Crippen LogP) is 0.385. The molecule has 0 unspecified atom stereocenters. The van der Waals surface area contributed by atoms with Gasteiger partial charge in [-0.15, -0.1) is 11.6 Å². The first-order chi connectivity index (χ1) is 4.81. The second-order valence-corrected chi connectivity index (χ2v) is 2.73. The number of amidine groups is 1. The molecule has 0 radical (unpaired) electrons. The van der Waals surface area contributed by atoms with E-state index in [4.69, 9.17) is 22.9 Å². The number of nitrogens with zero attached hydrogens (tertiary/aromatic N) is 1. The van der Waals surface area contributed by atoms with Crippen LogP contribution in [0.15, 0.2) is 4.99 Å². The number of nitrogens with two attached hydrogens (primary N) is 1. The Morgan fingerprint density at radius 3 is 3.10 bits per heavy atom. The van der Waals surface area contributed by atoms with Gasteiger partial charge < -0.3 is 5.43 Å². The van der Waals surface area contributed by atoms with Crippen molar-refractivity contribution < 1.29 is 0 Å². The van der Waals surface area contributed by atoms with E-state index in [0.717, 1.165) is 0 Å². The molecule has 0 atom stereocenters. The molecule has 0 aliphatic heterocycles. The number of thioether (sulfide) groups is 1. The fraction of sp³-hybridized carbons (Fsp3) is 0.500. The lowest BCUT2D eigenvalue weighted by Gasteiger charge is -1.92. The maximum Gasteiger partial charge on any atom is 0.181 e. The van der Waals surface area contributed by atoms with Gasteiger partial charge in [-0.3, -0.25) is 5.41 Å². The van der Waals surface area contributed by atoms with Crippen LogP contribution >= 0.6 is 23.4 Å². The Hall–Kier alpha value is -0.260. The van der Waals surface area contributed by atoms with Gasteiger partial charge >= 0.3 is 0 Å². The van der Waals surface area contributed by atoms with Gasteiger partial charge in [0.25, 0.3) is 0 Å². The maximum absolute atomic E-state index is 7.11. The van der Waals surface area contributed by atoms with Crippen LogP contribution in [-0.4, -0.2) is 23.1 Å². The zero-order valence-corrected chi connectivity index (χ0v) is 6.87. The van der Waals surface area contributed by atoms with Gasteiger partial charge in [-0.1, -0.05) is 11.8 Å². The molecule has 58 valence electrons. The standard InChI is InChI=1S/C4H9ClN4S/c5-1-2-10-4(6)8-3-9-7/h3H,1-2,7H2,(H2,6,8,9). The van der Waals surface area contributed by atoms with Crippen LogP contribution in [0.4, 0.5) is 0 Å². The molecule has 0 aliphatic carbocycles. The fourth-order valence-corrected chi connectivity index (χ4v) is 0.898. The Bertz CT molecular complexity index is 126. The molecule has 10 heavy (non-hydrogen) atoms. The lowest BCUT2D eigenvalue weighted by Crippen LogP contribution is -2.19. The Labute approximate surface area is 68.7 Å². The van der Waals surface area contributed by atoms with Crippen LogP contribution in [0.5, 0.6) is 0 Å². The maximum atomic E-state index is 7.11. The molecule has 0 fully saturated rings. The van der Waals surface area contributed by atoms with Crippen molar-refractivity contribution in [1.29, 1.82) is 5.41 Å². The molecular weight excluding hydrogens is 172 g/mol. The summed E-state index contributed by atoms with van der Waals surface area (Å²) in [4.78, 5) is 3.61.